The smallest absolute Gasteiger partial charge is 0.263 e. The summed E-state index contributed by atoms with van der Waals surface area (Å²) in [6.45, 7) is 2.30. The first-order chi connectivity index (χ1) is 9.52. The third-order valence-corrected chi connectivity index (χ3v) is 4.36. The Morgan fingerprint density at radius 2 is 2.10 bits per heavy atom. The lowest BCUT2D eigenvalue weighted by molar-refractivity contribution is -0.120. The van der Waals surface area contributed by atoms with Crippen molar-refractivity contribution in [2.24, 2.45) is 0 Å². The van der Waals surface area contributed by atoms with Crippen molar-refractivity contribution in [2.75, 3.05) is 18.8 Å². The largest absolute Gasteiger partial charge is 0.397 e. The Morgan fingerprint density at radius 1 is 1.35 bits per heavy atom. The van der Waals surface area contributed by atoms with E-state index in [2.05, 4.69) is 26.6 Å². The average Bonchev–Trinajstić information content (AvgIpc) is 2.74. The number of nitrogens with two attached hydrogens (primary N) is 1. The molecule has 1 aromatic carbocycles. The molecule has 2 aromatic rings. The number of fused-ring (bicyclic) bond motifs is 1. The van der Waals surface area contributed by atoms with Crippen molar-refractivity contribution in [3.8, 4) is 0 Å². The van der Waals surface area contributed by atoms with Crippen LogP contribution in [0.3, 0.4) is 0 Å². The second-order valence-corrected chi connectivity index (χ2v) is 6.09. The maximum atomic E-state index is 12.1. The molecule has 2 rings (SSSR count). The topological polar surface area (TPSA) is 84.2 Å². The van der Waals surface area contributed by atoms with Gasteiger partial charge in [-0.3, -0.25) is 9.59 Å². The van der Waals surface area contributed by atoms with Gasteiger partial charge >= 0.3 is 0 Å². The number of halogens is 1. The van der Waals surface area contributed by atoms with E-state index in [0.29, 0.717) is 17.1 Å². The van der Waals surface area contributed by atoms with E-state index >= 15 is 0 Å². The van der Waals surface area contributed by atoms with E-state index in [1.54, 1.807) is 0 Å². The Kier molecular flexibility index (Phi) is 4.61. The molecule has 1 aromatic heterocycles. The summed E-state index contributed by atoms with van der Waals surface area (Å²) in [6, 6.07) is 5.68. The molecule has 0 radical (unpaired) electrons. The number of carbonyl (C=O) groups excluding carboxylic acids is 2. The molecule has 0 aliphatic carbocycles. The lowest BCUT2D eigenvalue weighted by Crippen LogP contribution is -2.36. The third-order valence-electron chi connectivity index (χ3n) is 2.68. The van der Waals surface area contributed by atoms with E-state index in [1.807, 2.05) is 25.1 Å². The van der Waals surface area contributed by atoms with Crippen LogP contribution in [0.1, 0.15) is 16.6 Å². The van der Waals surface area contributed by atoms with Gasteiger partial charge in [-0.15, -0.1) is 11.3 Å². The second-order valence-electron chi connectivity index (χ2n) is 4.12. The maximum absolute atomic E-state index is 12.1. The predicted molar refractivity (Wildman–Crippen MR) is 85.0 cm³/mol. The Hall–Kier alpha value is -1.60. The molecule has 0 saturated carbocycles. The molecular formula is C13H14BrN3O2S. The quantitative estimate of drug-likeness (QED) is 0.785. The fourth-order valence-corrected chi connectivity index (χ4v) is 3.14. The van der Waals surface area contributed by atoms with Gasteiger partial charge in [-0.2, -0.15) is 0 Å². The average molecular weight is 356 g/mol. The summed E-state index contributed by atoms with van der Waals surface area (Å²) >= 11 is 4.69. The molecule has 0 atom stereocenters. The lowest BCUT2D eigenvalue weighted by atomic mass is 10.2. The van der Waals surface area contributed by atoms with Crippen molar-refractivity contribution in [3.05, 3.63) is 27.5 Å². The first-order valence-corrected chi connectivity index (χ1v) is 7.66. The van der Waals surface area contributed by atoms with Crippen LogP contribution in [0.2, 0.25) is 0 Å². The minimum absolute atomic E-state index is 0.0515. The van der Waals surface area contributed by atoms with E-state index in [-0.39, 0.29) is 18.4 Å². The molecule has 20 heavy (non-hydrogen) atoms. The zero-order chi connectivity index (χ0) is 14.7. The van der Waals surface area contributed by atoms with E-state index in [4.69, 9.17) is 5.73 Å². The molecular weight excluding hydrogens is 342 g/mol. The predicted octanol–water partition coefficient (Wildman–Crippen LogP) is 2.11. The van der Waals surface area contributed by atoms with Crippen LogP contribution in [0, 0.1) is 0 Å². The van der Waals surface area contributed by atoms with Gasteiger partial charge in [-0.25, -0.2) is 0 Å². The minimum atomic E-state index is -0.328. The second kappa shape index (κ2) is 6.23. The first-order valence-electron chi connectivity index (χ1n) is 6.05. The zero-order valence-corrected chi connectivity index (χ0v) is 13.2. The summed E-state index contributed by atoms with van der Waals surface area (Å²) in [6.07, 6.45) is 0. The van der Waals surface area contributed by atoms with Crippen LogP contribution in [0.5, 0.6) is 0 Å². The fourth-order valence-electron chi connectivity index (χ4n) is 1.76. The number of likely N-dealkylation sites (N-methyl/N-ethyl adjacent to an activating group) is 1. The summed E-state index contributed by atoms with van der Waals surface area (Å²) in [5, 5.41) is 6.02. The summed E-state index contributed by atoms with van der Waals surface area (Å²) in [5.74, 6) is -0.547. The summed E-state index contributed by atoms with van der Waals surface area (Å²) in [5.41, 5.74) is 6.45. The Labute approximate surface area is 128 Å². The summed E-state index contributed by atoms with van der Waals surface area (Å²) < 4.78 is 1.85. The van der Waals surface area contributed by atoms with Crippen molar-refractivity contribution >= 4 is 54.9 Å². The Bertz CT molecular complexity index is 669. The van der Waals surface area contributed by atoms with E-state index in [0.717, 1.165) is 14.6 Å². The van der Waals surface area contributed by atoms with Crippen molar-refractivity contribution in [3.63, 3.8) is 0 Å². The molecule has 0 saturated heterocycles. The van der Waals surface area contributed by atoms with Gasteiger partial charge in [-0.05, 0) is 25.1 Å². The van der Waals surface area contributed by atoms with Gasteiger partial charge in [0.05, 0.1) is 12.2 Å². The fraction of sp³-hybridized carbons (Fsp3) is 0.231. The zero-order valence-electron chi connectivity index (χ0n) is 10.8. The van der Waals surface area contributed by atoms with Crippen molar-refractivity contribution in [2.45, 2.75) is 6.92 Å². The number of benzene rings is 1. The van der Waals surface area contributed by atoms with Gasteiger partial charge in [-0.1, -0.05) is 15.9 Å². The number of carbonyl (C=O) groups is 2. The molecule has 0 bridgehead atoms. The number of amides is 2. The summed E-state index contributed by atoms with van der Waals surface area (Å²) in [4.78, 5) is 23.8. The van der Waals surface area contributed by atoms with Gasteiger partial charge < -0.3 is 16.4 Å². The number of hydrogen-bond donors (Lipinski definition) is 3. The Balaban J connectivity index is 2.18. The molecule has 0 spiro atoms. The lowest BCUT2D eigenvalue weighted by Gasteiger charge is -2.04. The van der Waals surface area contributed by atoms with Crippen molar-refractivity contribution in [1.29, 1.82) is 0 Å². The van der Waals surface area contributed by atoms with Crippen LogP contribution in [-0.4, -0.2) is 24.9 Å². The molecule has 0 aliphatic rings. The van der Waals surface area contributed by atoms with Gasteiger partial charge in [0.2, 0.25) is 5.91 Å². The molecule has 0 unspecified atom stereocenters. The first kappa shape index (κ1) is 14.8. The highest BCUT2D eigenvalue weighted by molar-refractivity contribution is 9.10. The maximum Gasteiger partial charge on any atom is 0.263 e. The van der Waals surface area contributed by atoms with E-state index in [1.165, 1.54) is 11.3 Å². The van der Waals surface area contributed by atoms with Crippen LogP contribution in [0.4, 0.5) is 5.69 Å². The number of rotatable bonds is 4. The number of thiophene rings is 1. The van der Waals surface area contributed by atoms with Crippen LogP contribution in [0.15, 0.2) is 22.7 Å². The highest BCUT2D eigenvalue weighted by atomic mass is 79.9. The van der Waals surface area contributed by atoms with E-state index in [9.17, 15) is 9.59 Å². The van der Waals surface area contributed by atoms with Crippen LogP contribution >= 0.6 is 27.3 Å². The molecule has 7 heteroatoms. The monoisotopic (exact) mass is 355 g/mol. The van der Waals surface area contributed by atoms with Crippen molar-refractivity contribution in [1.82, 2.24) is 10.6 Å². The number of nitrogens with one attached hydrogen (secondary N) is 2. The van der Waals surface area contributed by atoms with Crippen LogP contribution in [-0.2, 0) is 4.79 Å². The van der Waals surface area contributed by atoms with Gasteiger partial charge in [0.1, 0.15) is 4.88 Å². The molecule has 1 heterocycles. The van der Waals surface area contributed by atoms with Crippen molar-refractivity contribution < 1.29 is 9.59 Å². The minimum Gasteiger partial charge on any atom is -0.397 e. The molecule has 5 nitrogen and oxygen atoms in total. The number of hydrogen-bond acceptors (Lipinski definition) is 4. The van der Waals surface area contributed by atoms with Crippen LogP contribution < -0.4 is 16.4 Å². The highest BCUT2D eigenvalue weighted by Crippen LogP contribution is 2.35. The van der Waals surface area contributed by atoms with Gasteiger partial charge in [0.25, 0.3) is 5.91 Å². The molecule has 106 valence electrons. The third kappa shape index (κ3) is 3.10. The summed E-state index contributed by atoms with van der Waals surface area (Å²) in [7, 11) is 0. The van der Waals surface area contributed by atoms with Gasteiger partial charge in [0.15, 0.2) is 0 Å². The number of anilines is 1. The molecule has 0 fully saturated rings. The standard InChI is InChI=1S/C13H14BrN3O2S/c1-2-16-10(18)6-17-13(19)12-11(15)8-5-7(14)3-4-9(8)20-12/h3-5H,2,6,15H2,1H3,(H,16,18)(H,17,19). The van der Waals surface area contributed by atoms with Crippen LogP contribution in [0.25, 0.3) is 10.1 Å². The molecule has 2 amide bonds. The normalized spacial score (nSPS) is 10.5. The molecule has 4 N–H and O–H groups in total. The number of nitrogen functional groups attached to an aromatic ring is 1. The van der Waals surface area contributed by atoms with E-state index < -0.39 is 0 Å². The molecule has 0 aliphatic heterocycles. The van der Waals surface area contributed by atoms with Gasteiger partial charge in [0, 0.05) is 21.1 Å². The SMILES string of the molecule is CCNC(=O)CNC(=O)c1sc2ccc(Br)cc2c1N. The highest BCUT2D eigenvalue weighted by Gasteiger charge is 2.17. The Morgan fingerprint density at radius 3 is 2.80 bits per heavy atom.